The molecule has 0 saturated carbocycles. The number of allylic oxidation sites excluding steroid dienone is 1. The summed E-state index contributed by atoms with van der Waals surface area (Å²) in [7, 11) is 0. The van der Waals surface area contributed by atoms with Gasteiger partial charge in [-0.05, 0) is 23.8 Å². The Hall–Kier alpha value is -1.67. The molecule has 2 aromatic rings. The van der Waals surface area contributed by atoms with E-state index in [1.807, 2.05) is 60.7 Å². The molecule has 0 aliphatic carbocycles. The molecule has 0 amide bonds. The fourth-order valence-electron chi connectivity index (χ4n) is 1.47. The highest BCUT2D eigenvalue weighted by Crippen LogP contribution is 2.13. The van der Waals surface area contributed by atoms with Crippen molar-refractivity contribution < 1.29 is 4.79 Å². The third kappa shape index (κ3) is 3.40. The molecule has 0 aliphatic rings. The average molecular weight is 287 g/mol. The van der Waals surface area contributed by atoms with E-state index in [1.165, 1.54) is 0 Å². The zero-order valence-corrected chi connectivity index (χ0v) is 10.7. The SMILES string of the molecule is O=C(/C=C/c1ccccc1)c1cccc(Br)c1. The lowest BCUT2D eigenvalue weighted by Gasteiger charge is -1.96. The highest BCUT2D eigenvalue weighted by atomic mass is 79.9. The number of carbonyl (C=O) groups is 1. The van der Waals surface area contributed by atoms with Crippen molar-refractivity contribution in [3.05, 3.63) is 76.3 Å². The van der Waals surface area contributed by atoms with Crippen molar-refractivity contribution in [1.29, 1.82) is 0 Å². The van der Waals surface area contributed by atoms with Crippen LogP contribution >= 0.6 is 15.9 Å². The van der Waals surface area contributed by atoms with Crippen molar-refractivity contribution in [2.75, 3.05) is 0 Å². The van der Waals surface area contributed by atoms with Gasteiger partial charge in [0, 0.05) is 10.0 Å². The molecule has 84 valence electrons. The first-order valence-electron chi connectivity index (χ1n) is 5.29. The van der Waals surface area contributed by atoms with E-state index in [-0.39, 0.29) is 5.78 Å². The molecule has 2 heteroatoms. The molecule has 0 radical (unpaired) electrons. The highest BCUT2D eigenvalue weighted by Gasteiger charge is 2.01. The molecule has 17 heavy (non-hydrogen) atoms. The molecule has 2 rings (SSSR count). The Bertz CT molecular complexity index is 544. The van der Waals surface area contributed by atoms with Crippen LogP contribution in [0, 0.1) is 0 Å². The van der Waals surface area contributed by atoms with Gasteiger partial charge in [0.1, 0.15) is 0 Å². The number of ketones is 1. The van der Waals surface area contributed by atoms with Gasteiger partial charge in [-0.3, -0.25) is 4.79 Å². The van der Waals surface area contributed by atoms with Crippen LogP contribution in [0.1, 0.15) is 15.9 Å². The van der Waals surface area contributed by atoms with E-state index >= 15 is 0 Å². The minimum atomic E-state index is 0.00940. The predicted octanol–water partition coefficient (Wildman–Crippen LogP) is 4.35. The van der Waals surface area contributed by atoms with Crippen LogP contribution in [0.5, 0.6) is 0 Å². The fraction of sp³-hybridized carbons (Fsp3) is 0. The topological polar surface area (TPSA) is 17.1 Å². The van der Waals surface area contributed by atoms with Crippen molar-refractivity contribution in [1.82, 2.24) is 0 Å². The van der Waals surface area contributed by atoms with Gasteiger partial charge in [0.2, 0.25) is 0 Å². The Morgan fingerprint density at radius 3 is 2.47 bits per heavy atom. The molecule has 0 spiro atoms. The number of halogens is 1. The van der Waals surface area contributed by atoms with Gasteiger partial charge in [0.25, 0.3) is 0 Å². The van der Waals surface area contributed by atoms with Gasteiger partial charge in [0.05, 0.1) is 0 Å². The summed E-state index contributed by atoms with van der Waals surface area (Å²) in [6.45, 7) is 0. The van der Waals surface area contributed by atoms with Gasteiger partial charge < -0.3 is 0 Å². The van der Waals surface area contributed by atoms with Crippen molar-refractivity contribution in [3.8, 4) is 0 Å². The van der Waals surface area contributed by atoms with E-state index in [2.05, 4.69) is 15.9 Å². The summed E-state index contributed by atoms with van der Waals surface area (Å²) in [6.07, 6.45) is 3.42. The average Bonchev–Trinajstić information content (AvgIpc) is 2.37. The minimum absolute atomic E-state index is 0.00940. The molecular weight excluding hydrogens is 276 g/mol. The summed E-state index contributed by atoms with van der Waals surface area (Å²) in [5, 5.41) is 0. The molecule has 0 bridgehead atoms. The van der Waals surface area contributed by atoms with Crippen molar-refractivity contribution >= 4 is 27.8 Å². The third-order valence-corrected chi connectivity index (χ3v) is 2.83. The summed E-state index contributed by atoms with van der Waals surface area (Å²) in [5.41, 5.74) is 1.71. The molecule has 0 atom stereocenters. The summed E-state index contributed by atoms with van der Waals surface area (Å²) in [5.74, 6) is 0.00940. The second-order valence-corrected chi connectivity index (χ2v) is 4.53. The Balaban J connectivity index is 2.15. The smallest absolute Gasteiger partial charge is 0.185 e. The highest BCUT2D eigenvalue weighted by molar-refractivity contribution is 9.10. The zero-order chi connectivity index (χ0) is 12.1. The summed E-state index contributed by atoms with van der Waals surface area (Å²) in [6, 6.07) is 17.2. The van der Waals surface area contributed by atoms with E-state index in [0.717, 1.165) is 10.0 Å². The van der Waals surface area contributed by atoms with E-state index in [1.54, 1.807) is 6.08 Å². The van der Waals surface area contributed by atoms with Gasteiger partial charge in [-0.25, -0.2) is 0 Å². The lowest BCUT2D eigenvalue weighted by molar-refractivity contribution is 0.104. The van der Waals surface area contributed by atoms with Gasteiger partial charge in [-0.2, -0.15) is 0 Å². The van der Waals surface area contributed by atoms with Crippen LogP contribution in [0.4, 0.5) is 0 Å². The molecule has 0 N–H and O–H groups in total. The number of hydrogen-bond donors (Lipinski definition) is 0. The predicted molar refractivity (Wildman–Crippen MR) is 73.9 cm³/mol. The van der Waals surface area contributed by atoms with Gasteiger partial charge in [-0.15, -0.1) is 0 Å². The van der Waals surface area contributed by atoms with E-state index in [0.29, 0.717) is 5.56 Å². The lowest BCUT2D eigenvalue weighted by atomic mass is 10.1. The van der Waals surface area contributed by atoms with E-state index in [4.69, 9.17) is 0 Å². The van der Waals surface area contributed by atoms with Crippen LogP contribution in [0.2, 0.25) is 0 Å². The van der Waals surface area contributed by atoms with Crippen LogP contribution in [-0.4, -0.2) is 5.78 Å². The minimum Gasteiger partial charge on any atom is -0.289 e. The van der Waals surface area contributed by atoms with Crippen molar-refractivity contribution in [2.45, 2.75) is 0 Å². The molecule has 0 heterocycles. The Morgan fingerprint density at radius 2 is 1.76 bits per heavy atom. The standard InChI is InChI=1S/C15H11BrO/c16-14-8-4-7-13(11-14)15(17)10-9-12-5-2-1-3-6-12/h1-11H/b10-9+. The first-order chi connectivity index (χ1) is 8.25. The number of benzene rings is 2. The first-order valence-corrected chi connectivity index (χ1v) is 6.08. The van der Waals surface area contributed by atoms with Gasteiger partial charge >= 0.3 is 0 Å². The summed E-state index contributed by atoms with van der Waals surface area (Å²) in [4.78, 5) is 11.9. The van der Waals surface area contributed by atoms with Gasteiger partial charge in [0.15, 0.2) is 5.78 Å². The van der Waals surface area contributed by atoms with Gasteiger partial charge in [-0.1, -0.05) is 64.5 Å². The lowest BCUT2D eigenvalue weighted by Crippen LogP contribution is -1.93. The molecule has 0 unspecified atom stereocenters. The number of rotatable bonds is 3. The Morgan fingerprint density at radius 1 is 1.00 bits per heavy atom. The molecule has 0 saturated heterocycles. The molecule has 0 aliphatic heterocycles. The zero-order valence-electron chi connectivity index (χ0n) is 9.14. The maximum absolute atomic E-state index is 11.9. The molecule has 1 nitrogen and oxygen atoms in total. The van der Waals surface area contributed by atoms with Crippen molar-refractivity contribution in [3.63, 3.8) is 0 Å². The van der Waals surface area contributed by atoms with Crippen LogP contribution in [0.15, 0.2) is 65.1 Å². The molecule has 0 aromatic heterocycles. The number of carbonyl (C=O) groups excluding carboxylic acids is 1. The second kappa shape index (κ2) is 5.60. The summed E-state index contributed by atoms with van der Waals surface area (Å²) >= 11 is 3.35. The third-order valence-electron chi connectivity index (χ3n) is 2.34. The second-order valence-electron chi connectivity index (χ2n) is 3.62. The van der Waals surface area contributed by atoms with E-state index < -0.39 is 0 Å². The quantitative estimate of drug-likeness (QED) is 0.606. The van der Waals surface area contributed by atoms with Crippen LogP contribution in [0.3, 0.4) is 0 Å². The van der Waals surface area contributed by atoms with E-state index in [9.17, 15) is 4.79 Å². The maximum Gasteiger partial charge on any atom is 0.185 e. The monoisotopic (exact) mass is 286 g/mol. The maximum atomic E-state index is 11.9. The van der Waals surface area contributed by atoms with Crippen molar-refractivity contribution in [2.24, 2.45) is 0 Å². The molecule has 2 aromatic carbocycles. The normalized spacial score (nSPS) is 10.6. The largest absolute Gasteiger partial charge is 0.289 e. The van der Waals surface area contributed by atoms with Crippen LogP contribution in [0.25, 0.3) is 6.08 Å². The summed E-state index contributed by atoms with van der Waals surface area (Å²) < 4.78 is 0.913. The first kappa shape index (κ1) is 11.8. The Kier molecular flexibility index (Phi) is 3.89. The molecular formula is C15H11BrO. The Labute approximate surface area is 109 Å². The van der Waals surface area contributed by atoms with Crippen LogP contribution < -0.4 is 0 Å². The fourth-order valence-corrected chi connectivity index (χ4v) is 1.87. The molecule has 0 fully saturated rings. The van der Waals surface area contributed by atoms with Crippen LogP contribution in [-0.2, 0) is 0 Å². The number of hydrogen-bond acceptors (Lipinski definition) is 1.